The van der Waals surface area contributed by atoms with Crippen molar-refractivity contribution in [2.45, 2.75) is 103 Å². The van der Waals surface area contributed by atoms with Crippen molar-refractivity contribution in [3.63, 3.8) is 0 Å². The number of ether oxygens (including phenoxy) is 1. The van der Waals surface area contributed by atoms with E-state index in [1.165, 1.54) is 7.11 Å². The highest BCUT2D eigenvalue weighted by atomic mass is 16.5. The number of aromatic nitrogens is 4. The first-order valence-corrected chi connectivity index (χ1v) is 20.0. The van der Waals surface area contributed by atoms with E-state index in [1.54, 1.807) is 6.92 Å². The summed E-state index contributed by atoms with van der Waals surface area (Å²) in [6.07, 6.45) is 8.26. The van der Waals surface area contributed by atoms with Gasteiger partial charge in [0.25, 0.3) is 0 Å². The van der Waals surface area contributed by atoms with Gasteiger partial charge in [0.15, 0.2) is 0 Å². The van der Waals surface area contributed by atoms with Crippen LogP contribution in [-0.2, 0) is 19.1 Å². The Labute approximate surface area is 328 Å². The normalized spacial score (nSPS) is 20.3. The highest BCUT2D eigenvalue weighted by Crippen LogP contribution is 2.53. The van der Waals surface area contributed by atoms with Crippen molar-refractivity contribution in [1.82, 2.24) is 40.8 Å². The van der Waals surface area contributed by atoms with Crippen molar-refractivity contribution in [3.8, 4) is 33.6 Å². The van der Waals surface area contributed by atoms with Crippen LogP contribution in [-0.4, -0.2) is 73.9 Å². The van der Waals surface area contributed by atoms with Crippen LogP contribution in [0, 0.1) is 23.7 Å². The second-order valence-corrected chi connectivity index (χ2v) is 16.3. The Balaban J connectivity index is 1.01. The fourth-order valence-corrected chi connectivity index (χ4v) is 7.87. The molecule has 3 heterocycles. The molecule has 0 spiro atoms. The van der Waals surface area contributed by atoms with Gasteiger partial charge in [-0.05, 0) is 65.2 Å². The third-order valence-corrected chi connectivity index (χ3v) is 11.5. The van der Waals surface area contributed by atoms with Gasteiger partial charge >= 0.3 is 6.09 Å². The zero-order valence-electron chi connectivity index (χ0n) is 33.1. The van der Waals surface area contributed by atoms with Crippen LogP contribution in [0.25, 0.3) is 33.6 Å². The molecule has 2 aromatic heterocycles. The van der Waals surface area contributed by atoms with Crippen molar-refractivity contribution < 1.29 is 23.9 Å². The number of likely N-dealkylation sites (tertiary alicyclic amines) is 1. The molecule has 296 valence electrons. The number of carbonyl (C=O) groups is 4. The molecule has 5 N–H and O–H groups in total. The molecule has 4 aromatic rings. The predicted octanol–water partition coefficient (Wildman–Crippen LogP) is 6.68. The average Bonchev–Trinajstić information content (AvgIpc) is 3.98. The molecule has 1 saturated heterocycles. The minimum atomic E-state index is -0.675. The molecule has 56 heavy (non-hydrogen) atoms. The number of hydrogen-bond acceptors (Lipinski definition) is 7. The van der Waals surface area contributed by atoms with Gasteiger partial charge in [-0.25, -0.2) is 14.8 Å². The summed E-state index contributed by atoms with van der Waals surface area (Å²) in [7, 11) is 1.30. The van der Waals surface area contributed by atoms with Gasteiger partial charge in [0.1, 0.15) is 23.7 Å². The molecule has 1 aliphatic heterocycles. The summed E-state index contributed by atoms with van der Waals surface area (Å²) >= 11 is 0. The summed E-state index contributed by atoms with van der Waals surface area (Å²) in [5.74, 6) is 1.89. The zero-order chi connectivity index (χ0) is 39.7. The Morgan fingerprint density at radius 1 is 0.786 bits per heavy atom. The first-order chi connectivity index (χ1) is 26.9. The smallest absolute Gasteiger partial charge is 0.407 e. The highest BCUT2D eigenvalue weighted by molar-refractivity contribution is 5.88. The summed E-state index contributed by atoms with van der Waals surface area (Å²) in [5, 5.41) is 8.79. The lowest BCUT2D eigenvalue weighted by atomic mass is 10.0. The number of fused-ring (bicyclic) bond motifs is 1. The van der Waals surface area contributed by atoms with Gasteiger partial charge in [-0.15, -0.1) is 0 Å². The largest absolute Gasteiger partial charge is 0.453 e. The third kappa shape index (κ3) is 8.51. The maximum absolute atomic E-state index is 13.8. The lowest BCUT2D eigenvalue weighted by molar-refractivity contribution is -0.136. The molecular weight excluding hydrogens is 709 g/mol. The molecule has 7 rings (SSSR count). The molecule has 0 radical (unpaired) electrons. The van der Waals surface area contributed by atoms with Gasteiger partial charge in [0.05, 0.1) is 43.0 Å². The third-order valence-electron chi connectivity index (χ3n) is 11.5. The summed E-state index contributed by atoms with van der Waals surface area (Å²) in [5.41, 5.74) is 5.85. The molecule has 2 saturated carbocycles. The molecule has 13 nitrogen and oxygen atoms in total. The number of methoxy groups -OCH3 is 1. The van der Waals surface area contributed by atoms with Crippen molar-refractivity contribution in [3.05, 3.63) is 72.6 Å². The van der Waals surface area contributed by atoms with Crippen LogP contribution in [0.1, 0.15) is 96.9 Å². The van der Waals surface area contributed by atoms with Crippen LogP contribution in [0.3, 0.4) is 0 Å². The van der Waals surface area contributed by atoms with Crippen LogP contribution in [0.2, 0.25) is 0 Å². The van der Waals surface area contributed by atoms with Gasteiger partial charge in [-0.1, -0.05) is 96.0 Å². The van der Waals surface area contributed by atoms with E-state index in [9.17, 15) is 19.2 Å². The molecule has 3 fully saturated rings. The Bertz CT molecular complexity index is 2030. The summed E-state index contributed by atoms with van der Waals surface area (Å²) in [4.78, 5) is 69.6. The molecule has 2 aliphatic carbocycles. The predicted molar refractivity (Wildman–Crippen MR) is 213 cm³/mol. The van der Waals surface area contributed by atoms with Gasteiger partial charge in [0, 0.05) is 12.5 Å². The van der Waals surface area contributed by atoms with Crippen molar-refractivity contribution in [2.24, 2.45) is 23.7 Å². The minimum absolute atomic E-state index is 0.0489. The number of rotatable bonds is 15. The van der Waals surface area contributed by atoms with Crippen LogP contribution < -0.4 is 16.0 Å². The fourth-order valence-electron chi connectivity index (χ4n) is 7.87. The first-order valence-electron chi connectivity index (χ1n) is 20.0. The van der Waals surface area contributed by atoms with Crippen LogP contribution in [0.15, 0.2) is 60.9 Å². The number of benzene rings is 2. The second kappa shape index (κ2) is 16.3. The quantitative estimate of drug-likeness (QED) is 0.0898. The number of nitrogens with zero attached hydrogens (tertiary/aromatic N) is 3. The Kier molecular flexibility index (Phi) is 11.3. The Morgan fingerprint density at radius 2 is 1.38 bits per heavy atom. The van der Waals surface area contributed by atoms with E-state index >= 15 is 0 Å². The van der Waals surface area contributed by atoms with Crippen molar-refractivity contribution in [2.75, 3.05) is 7.11 Å². The molecule has 13 heteroatoms. The van der Waals surface area contributed by atoms with E-state index < -0.39 is 18.2 Å². The summed E-state index contributed by atoms with van der Waals surface area (Å²) in [6.45, 7) is 9.49. The molecule has 3 aliphatic rings. The van der Waals surface area contributed by atoms with Gasteiger partial charge in [0.2, 0.25) is 17.7 Å². The standard InChI is InChI=1S/C43H54N8O5/c1-7-36(52)49-37(23(2)3)41(53)48-31(18-25-8-9-25)39-44-21-32(46-39)28-14-10-26(11-15-28)27-12-16-29(17-13-27)33-22-45-40(47-33)35-20-30-19-34(30)51(35)42(54)38(24(4)5)50-43(55)56-6/h10-17,21-25,30-31,34-35,37-38H,7-9,18-20H2,1-6H3,(H,44,46)(H,45,47)(H,48,53)(H,49,52)(H,50,55)/t30-,31?,34?,35?,37-,38-/m0/s1. The van der Waals surface area contributed by atoms with Gasteiger partial charge < -0.3 is 35.6 Å². The molecule has 0 bridgehead atoms. The molecular formula is C43H54N8O5. The number of alkyl carbamates (subject to hydrolysis) is 1. The number of aromatic amines is 2. The van der Waals surface area contributed by atoms with Crippen LogP contribution >= 0.6 is 0 Å². The maximum Gasteiger partial charge on any atom is 0.407 e. The molecule has 3 unspecified atom stereocenters. The Hall–Kier alpha value is -5.46. The number of hydrogen-bond donors (Lipinski definition) is 5. The molecule has 6 atom stereocenters. The van der Waals surface area contributed by atoms with E-state index in [2.05, 4.69) is 74.4 Å². The summed E-state index contributed by atoms with van der Waals surface area (Å²) < 4.78 is 4.79. The number of H-pyrrole nitrogens is 2. The molecule has 2 aromatic carbocycles. The second-order valence-electron chi connectivity index (χ2n) is 16.3. The fraction of sp³-hybridized carbons (Fsp3) is 0.488. The van der Waals surface area contributed by atoms with Crippen molar-refractivity contribution >= 4 is 23.8 Å². The van der Waals surface area contributed by atoms with E-state index in [0.29, 0.717) is 24.1 Å². The number of imidazole rings is 2. The van der Waals surface area contributed by atoms with Gasteiger partial charge in [-0.2, -0.15) is 0 Å². The van der Waals surface area contributed by atoms with E-state index in [-0.39, 0.29) is 47.7 Å². The van der Waals surface area contributed by atoms with Crippen molar-refractivity contribution in [1.29, 1.82) is 0 Å². The van der Waals surface area contributed by atoms with E-state index in [4.69, 9.17) is 14.7 Å². The van der Waals surface area contributed by atoms with E-state index in [0.717, 1.165) is 71.6 Å². The first kappa shape index (κ1) is 38.8. The zero-order valence-corrected chi connectivity index (χ0v) is 33.1. The lowest BCUT2D eigenvalue weighted by Gasteiger charge is -2.31. The Morgan fingerprint density at radius 3 is 1.95 bits per heavy atom. The van der Waals surface area contributed by atoms with E-state index in [1.807, 2.05) is 45.0 Å². The SMILES string of the molecule is CCC(=O)N[C@H](C(=O)NC(CC1CC1)c1ncc(-c2ccc(-c3ccc(-c4cnc(C5C[C@@H]6CC6N5C(=O)[C@@H](NC(=O)OC)C(C)C)[nH]4)cc3)cc2)[nH]1)C(C)C. The highest BCUT2D eigenvalue weighted by Gasteiger charge is 2.56. The monoisotopic (exact) mass is 762 g/mol. The van der Waals surface area contributed by atoms with Gasteiger partial charge in [-0.3, -0.25) is 14.4 Å². The van der Waals surface area contributed by atoms with Crippen LogP contribution in [0.4, 0.5) is 4.79 Å². The lowest BCUT2D eigenvalue weighted by Crippen LogP contribution is -2.52. The average molecular weight is 763 g/mol. The number of piperidine rings is 1. The number of amides is 4. The minimum Gasteiger partial charge on any atom is -0.453 e. The maximum atomic E-state index is 13.8. The number of nitrogens with one attached hydrogen (secondary N) is 5. The summed E-state index contributed by atoms with van der Waals surface area (Å²) in [6, 6.07) is 15.0. The number of carbonyl (C=O) groups excluding carboxylic acids is 4. The molecule has 4 amide bonds. The van der Waals surface area contributed by atoms with Crippen LogP contribution in [0.5, 0.6) is 0 Å². The topological polar surface area (TPSA) is 174 Å².